The number of pyridine rings is 1. The molecule has 0 aromatic carbocycles. The van der Waals surface area contributed by atoms with Crippen LogP contribution >= 0.6 is 11.3 Å². The normalized spacial score (nSPS) is 11.1. The third-order valence-corrected chi connectivity index (χ3v) is 4.14. The molecule has 114 valence electrons. The number of rotatable bonds is 7. The first-order chi connectivity index (χ1) is 10.1. The van der Waals surface area contributed by atoms with Crippen molar-refractivity contribution in [3.63, 3.8) is 0 Å². The summed E-state index contributed by atoms with van der Waals surface area (Å²) in [6.45, 7) is 8.59. The molecule has 0 spiro atoms. The molecule has 0 radical (unpaired) electrons. The first kappa shape index (κ1) is 15.9. The van der Waals surface area contributed by atoms with Crippen LogP contribution in [0.1, 0.15) is 31.2 Å². The van der Waals surface area contributed by atoms with Crippen LogP contribution in [0.5, 0.6) is 0 Å². The van der Waals surface area contributed by atoms with Crippen LogP contribution in [0.2, 0.25) is 0 Å². The lowest BCUT2D eigenvalue weighted by molar-refractivity contribution is 0.606. The molecule has 0 amide bonds. The maximum absolute atomic E-state index is 13.5. The molecule has 3 nitrogen and oxygen atoms in total. The molecular weight excluding hydrogens is 285 g/mol. The zero-order valence-corrected chi connectivity index (χ0v) is 13.6. The van der Waals surface area contributed by atoms with Crippen molar-refractivity contribution in [1.29, 1.82) is 0 Å². The monoisotopic (exact) mass is 307 g/mol. The largest absolute Gasteiger partial charge is 0.349 e. The Hall–Kier alpha value is -1.46. The quantitative estimate of drug-likeness (QED) is 0.843. The average molecular weight is 307 g/mol. The smallest absolute Gasteiger partial charge is 0.141 e. The molecule has 0 unspecified atom stereocenters. The lowest BCUT2D eigenvalue weighted by Crippen LogP contribution is -2.32. The van der Waals surface area contributed by atoms with Crippen LogP contribution in [-0.4, -0.2) is 17.6 Å². The van der Waals surface area contributed by atoms with Crippen molar-refractivity contribution in [3.05, 3.63) is 46.0 Å². The minimum Gasteiger partial charge on any atom is -0.349 e. The molecule has 0 aliphatic rings. The minimum absolute atomic E-state index is 0.286. The molecule has 5 heteroatoms. The Bertz CT molecular complexity index is 555. The number of hydrogen-bond acceptors (Lipinski definition) is 4. The number of thiophene rings is 1. The van der Waals surface area contributed by atoms with Gasteiger partial charge in [0.2, 0.25) is 0 Å². The maximum atomic E-state index is 13.5. The summed E-state index contributed by atoms with van der Waals surface area (Å²) in [5, 5.41) is 5.33. The van der Waals surface area contributed by atoms with E-state index in [1.807, 2.05) is 6.92 Å². The van der Waals surface area contributed by atoms with Gasteiger partial charge in [-0.1, -0.05) is 13.0 Å². The third-order valence-electron chi connectivity index (χ3n) is 3.28. The van der Waals surface area contributed by atoms with Gasteiger partial charge in [-0.05, 0) is 37.9 Å². The van der Waals surface area contributed by atoms with E-state index in [1.54, 1.807) is 17.4 Å². The molecule has 0 aliphatic heterocycles. The van der Waals surface area contributed by atoms with E-state index in [-0.39, 0.29) is 5.82 Å². The zero-order valence-electron chi connectivity index (χ0n) is 12.8. The van der Waals surface area contributed by atoms with Crippen LogP contribution in [0.15, 0.2) is 29.8 Å². The summed E-state index contributed by atoms with van der Waals surface area (Å²) >= 11 is 1.73. The van der Waals surface area contributed by atoms with Crippen molar-refractivity contribution < 1.29 is 4.39 Å². The Labute approximate surface area is 129 Å². The summed E-state index contributed by atoms with van der Waals surface area (Å²) in [6, 6.07) is 6.05. The van der Waals surface area contributed by atoms with Gasteiger partial charge in [0.1, 0.15) is 11.6 Å². The Morgan fingerprint density at radius 3 is 2.86 bits per heavy atom. The molecule has 0 saturated heterocycles. The first-order valence-corrected chi connectivity index (χ1v) is 8.14. The molecule has 2 heterocycles. The van der Waals surface area contributed by atoms with E-state index in [4.69, 9.17) is 0 Å². The highest BCUT2D eigenvalue weighted by Crippen LogP contribution is 2.24. The summed E-state index contributed by atoms with van der Waals surface area (Å²) in [5.74, 6) is 0.576. The lowest BCUT2D eigenvalue weighted by Gasteiger charge is -2.29. The van der Waals surface area contributed by atoms with E-state index < -0.39 is 0 Å². The molecule has 2 rings (SSSR count). The molecule has 0 bridgehead atoms. The van der Waals surface area contributed by atoms with Crippen LogP contribution in [0.3, 0.4) is 0 Å². The zero-order chi connectivity index (χ0) is 15.2. The van der Waals surface area contributed by atoms with Crippen molar-refractivity contribution >= 4 is 17.2 Å². The van der Waals surface area contributed by atoms with Gasteiger partial charge in [-0.25, -0.2) is 9.37 Å². The number of anilines is 1. The van der Waals surface area contributed by atoms with Crippen LogP contribution in [0.25, 0.3) is 0 Å². The number of hydrogen-bond donors (Lipinski definition) is 1. The van der Waals surface area contributed by atoms with Crippen molar-refractivity contribution in [3.8, 4) is 0 Å². The number of nitrogens with zero attached hydrogens (tertiary/aromatic N) is 2. The SMILES string of the molecule is CCNCc1cc(F)cnc1N(Cc1cccs1)C(C)C. The van der Waals surface area contributed by atoms with E-state index in [0.29, 0.717) is 12.6 Å². The van der Waals surface area contributed by atoms with Gasteiger partial charge < -0.3 is 10.2 Å². The molecule has 21 heavy (non-hydrogen) atoms. The predicted octanol–water partition coefficient (Wildman–Crippen LogP) is 3.81. The van der Waals surface area contributed by atoms with Crippen molar-refractivity contribution in [1.82, 2.24) is 10.3 Å². The van der Waals surface area contributed by atoms with E-state index >= 15 is 0 Å². The van der Waals surface area contributed by atoms with Crippen molar-refractivity contribution in [2.75, 3.05) is 11.4 Å². The summed E-state index contributed by atoms with van der Waals surface area (Å²) in [6.07, 6.45) is 1.30. The Morgan fingerprint density at radius 1 is 1.43 bits per heavy atom. The van der Waals surface area contributed by atoms with Crippen molar-refractivity contribution in [2.24, 2.45) is 0 Å². The third kappa shape index (κ3) is 4.25. The standard InChI is InChI=1S/C16H22FN3S/c1-4-18-9-13-8-14(17)10-19-16(13)20(12(2)3)11-15-6-5-7-21-15/h5-8,10,12,18H,4,9,11H2,1-3H3. The Morgan fingerprint density at radius 2 is 2.24 bits per heavy atom. The molecular formula is C16H22FN3S. The summed E-state index contributed by atoms with van der Waals surface area (Å²) < 4.78 is 13.5. The summed E-state index contributed by atoms with van der Waals surface area (Å²) in [4.78, 5) is 7.85. The fraction of sp³-hybridized carbons (Fsp3) is 0.438. The molecule has 2 aromatic heterocycles. The van der Waals surface area contributed by atoms with E-state index in [2.05, 4.69) is 46.6 Å². The van der Waals surface area contributed by atoms with Crippen molar-refractivity contribution in [2.45, 2.75) is 39.9 Å². The van der Waals surface area contributed by atoms with Crippen LogP contribution in [0.4, 0.5) is 10.2 Å². The van der Waals surface area contributed by atoms with Gasteiger partial charge in [0.05, 0.1) is 12.7 Å². The molecule has 2 aromatic rings. The van der Waals surface area contributed by atoms with E-state index in [0.717, 1.165) is 24.5 Å². The molecule has 0 fully saturated rings. The van der Waals surface area contributed by atoms with Crippen LogP contribution in [-0.2, 0) is 13.1 Å². The summed E-state index contributed by atoms with van der Waals surface area (Å²) in [5.41, 5.74) is 0.905. The number of nitrogens with one attached hydrogen (secondary N) is 1. The second-order valence-electron chi connectivity index (χ2n) is 5.22. The molecule has 1 N–H and O–H groups in total. The maximum Gasteiger partial charge on any atom is 0.141 e. The number of aromatic nitrogens is 1. The highest BCUT2D eigenvalue weighted by Gasteiger charge is 2.17. The lowest BCUT2D eigenvalue weighted by atomic mass is 10.2. The van der Waals surface area contributed by atoms with E-state index in [1.165, 1.54) is 11.1 Å². The first-order valence-electron chi connectivity index (χ1n) is 7.26. The predicted molar refractivity (Wildman–Crippen MR) is 87.2 cm³/mol. The van der Waals surface area contributed by atoms with E-state index in [9.17, 15) is 4.39 Å². The fourth-order valence-electron chi connectivity index (χ4n) is 2.19. The highest BCUT2D eigenvalue weighted by molar-refractivity contribution is 7.09. The van der Waals surface area contributed by atoms with Gasteiger partial charge in [-0.3, -0.25) is 0 Å². The topological polar surface area (TPSA) is 28.2 Å². The van der Waals surface area contributed by atoms with Gasteiger partial charge >= 0.3 is 0 Å². The molecule has 0 atom stereocenters. The number of halogens is 1. The summed E-state index contributed by atoms with van der Waals surface area (Å²) in [7, 11) is 0. The Balaban J connectivity index is 2.30. The van der Waals surface area contributed by atoms with Gasteiger partial charge in [-0.15, -0.1) is 11.3 Å². The average Bonchev–Trinajstić information content (AvgIpc) is 2.96. The Kier molecular flexibility index (Phi) is 5.70. The second kappa shape index (κ2) is 7.52. The minimum atomic E-state index is -0.286. The highest BCUT2D eigenvalue weighted by atomic mass is 32.1. The fourth-order valence-corrected chi connectivity index (χ4v) is 2.90. The second-order valence-corrected chi connectivity index (χ2v) is 6.25. The van der Waals surface area contributed by atoms with Gasteiger partial charge in [0.15, 0.2) is 0 Å². The molecule has 0 saturated carbocycles. The van der Waals surface area contributed by atoms with Gasteiger partial charge in [0, 0.05) is 23.0 Å². The molecule has 0 aliphatic carbocycles. The van der Waals surface area contributed by atoms with Gasteiger partial charge in [-0.2, -0.15) is 0 Å². The van der Waals surface area contributed by atoms with Crippen LogP contribution in [0, 0.1) is 5.82 Å². The van der Waals surface area contributed by atoms with Crippen LogP contribution < -0.4 is 10.2 Å². The van der Waals surface area contributed by atoms with Gasteiger partial charge in [0.25, 0.3) is 0 Å².